The molecule has 3 aromatic rings. The number of benzene rings is 3. The van der Waals surface area contributed by atoms with Gasteiger partial charge in [-0.2, -0.15) is 0 Å². The highest BCUT2D eigenvalue weighted by Crippen LogP contribution is 2.33. The van der Waals surface area contributed by atoms with E-state index in [9.17, 15) is 4.79 Å². The monoisotopic (exact) mass is 467 g/mol. The van der Waals surface area contributed by atoms with Crippen LogP contribution in [0.1, 0.15) is 41.2 Å². The molecule has 4 rings (SSSR count). The van der Waals surface area contributed by atoms with Gasteiger partial charge in [-0.05, 0) is 71.8 Å². The topological polar surface area (TPSA) is 38.8 Å². The number of hydrogen-bond donors (Lipinski definition) is 0. The van der Waals surface area contributed by atoms with Crippen LogP contribution in [0.5, 0.6) is 11.5 Å². The zero-order valence-electron chi connectivity index (χ0n) is 20.8. The minimum absolute atomic E-state index is 0.362. The number of rotatable bonds is 8. The fraction of sp³-hybridized carbons (Fsp3) is 0.258. The van der Waals surface area contributed by atoms with E-state index >= 15 is 0 Å². The maximum atomic E-state index is 11.2. The van der Waals surface area contributed by atoms with Crippen LogP contribution < -0.4 is 9.47 Å². The summed E-state index contributed by atoms with van der Waals surface area (Å²) in [6, 6.07) is 23.2. The average Bonchev–Trinajstić information content (AvgIpc) is 3.02. The van der Waals surface area contributed by atoms with E-state index in [-0.39, 0.29) is 5.97 Å². The van der Waals surface area contributed by atoms with Crippen LogP contribution in [0.3, 0.4) is 0 Å². The summed E-state index contributed by atoms with van der Waals surface area (Å²) in [5, 5.41) is 0. The Labute approximate surface area is 208 Å². The van der Waals surface area contributed by atoms with E-state index in [1.807, 2.05) is 12.1 Å². The molecule has 35 heavy (non-hydrogen) atoms. The van der Waals surface area contributed by atoms with Gasteiger partial charge in [-0.3, -0.25) is 4.79 Å². The van der Waals surface area contributed by atoms with Crippen LogP contribution in [-0.4, -0.2) is 38.1 Å². The third kappa shape index (κ3) is 6.28. The van der Waals surface area contributed by atoms with E-state index in [1.165, 1.54) is 34.8 Å². The van der Waals surface area contributed by atoms with Gasteiger partial charge in [-0.15, -0.1) is 0 Å². The third-order valence-corrected chi connectivity index (χ3v) is 6.31. The molecule has 0 spiro atoms. The lowest BCUT2D eigenvalue weighted by Crippen LogP contribution is -2.19. The Balaban J connectivity index is 1.40. The highest BCUT2D eigenvalue weighted by atomic mass is 16.6. The highest BCUT2D eigenvalue weighted by molar-refractivity contribution is 5.83. The Bertz CT molecular complexity index is 1190. The summed E-state index contributed by atoms with van der Waals surface area (Å²) in [6.45, 7) is 3.18. The van der Waals surface area contributed by atoms with Gasteiger partial charge >= 0.3 is 5.97 Å². The summed E-state index contributed by atoms with van der Waals surface area (Å²) in [6.07, 6.45) is 9.76. The van der Waals surface area contributed by atoms with Gasteiger partial charge in [0.2, 0.25) is 0 Å². The van der Waals surface area contributed by atoms with Gasteiger partial charge in [-0.25, -0.2) is 0 Å². The van der Waals surface area contributed by atoms with Crippen molar-refractivity contribution in [3.63, 3.8) is 0 Å². The Morgan fingerprint density at radius 3 is 2.23 bits per heavy atom. The van der Waals surface area contributed by atoms with Crippen molar-refractivity contribution in [2.45, 2.75) is 26.2 Å². The summed E-state index contributed by atoms with van der Waals surface area (Å²) in [7, 11) is 3.71. The number of carbonyl (C=O) groups excluding carboxylic acids is 1. The summed E-state index contributed by atoms with van der Waals surface area (Å²) in [5.74, 6) is 0.620. The van der Waals surface area contributed by atoms with Crippen molar-refractivity contribution >= 4 is 17.6 Å². The zero-order valence-corrected chi connectivity index (χ0v) is 20.8. The van der Waals surface area contributed by atoms with Gasteiger partial charge in [0.25, 0.3) is 0 Å². The number of aryl methyl sites for hydroxylation is 2. The molecule has 0 saturated carbocycles. The highest BCUT2D eigenvalue weighted by Gasteiger charge is 2.17. The number of carbonyl (C=O) groups is 1. The van der Waals surface area contributed by atoms with E-state index in [2.05, 4.69) is 78.7 Å². The quantitative estimate of drug-likeness (QED) is 0.293. The van der Waals surface area contributed by atoms with Crippen molar-refractivity contribution in [1.82, 2.24) is 4.90 Å². The van der Waals surface area contributed by atoms with Crippen molar-refractivity contribution in [3.8, 4) is 11.5 Å². The molecule has 0 aliphatic heterocycles. The number of hydrogen-bond acceptors (Lipinski definition) is 4. The SMILES string of the molecule is COc1cc(C=CCN(C)CCC=C2c3ccccc3CCc3ccccc32)ccc1OC(C)=O. The lowest BCUT2D eigenvalue weighted by molar-refractivity contribution is -0.132. The third-order valence-electron chi connectivity index (χ3n) is 6.31. The van der Waals surface area contributed by atoms with Gasteiger partial charge < -0.3 is 14.4 Å². The maximum absolute atomic E-state index is 11.2. The van der Waals surface area contributed by atoms with Gasteiger partial charge in [0, 0.05) is 20.0 Å². The fourth-order valence-electron chi connectivity index (χ4n) is 4.55. The van der Waals surface area contributed by atoms with Crippen LogP contribution >= 0.6 is 0 Å². The fourth-order valence-corrected chi connectivity index (χ4v) is 4.55. The normalized spacial score (nSPS) is 12.7. The number of fused-ring (bicyclic) bond motifs is 2. The molecular formula is C31H33NO3. The molecule has 1 aliphatic rings. The number of nitrogens with zero attached hydrogens (tertiary/aromatic N) is 1. The van der Waals surface area contributed by atoms with Crippen molar-refractivity contribution < 1.29 is 14.3 Å². The average molecular weight is 468 g/mol. The smallest absolute Gasteiger partial charge is 0.308 e. The second kappa shape index (κ2) is 11.7. The molecule has 4 heteroatoms. The minimum Gasteiger partial charge on any atom is -0.493 e. The number of methoxy groups -OCH3 is 1. The maximum Gasteiger partial charge on any atom is 0.308 e. The molecule has 0 unspecified atom stereocenters. The molecule has 0 radical (unpaired) electrons. The largest absolute Gasteiger partial charge is 0.493 e. The molecule has 0 atom stereocenters. The van der Waals surface area contributed by atoms with Crippen molar-refractivity contribution in [2.24, 2.45) is 0 Å². The summed E-state index contributed by atoms with van der Waals surface area (Å²) in [4.78, 5) is 13.5. The predicted octanol–water partition coefficient (Wildman–Crippen LogP) is 6.19. The van der Waals surface area contributed by atoms with Gasteiger partial charge in [-0.1, -0.05) is 72.8 Å². The predicted molar refractivity (Wildman–Crippen MR) is 143 cm³/mol. The lowest BCUT2D eigenvalue weighted by Gasteiger charge is -2.15. The molecule has 0 N–H and O–H groups in total. The van der Waals surface area contributed by atoms with Crippen LogP contribution in [0.15, 0.2) is 78.9 Å². The summed E-state index contributed by atoms with van der Waals surface area (Å²) < 4.78 is 10.5. The first-order valence-corrected chi connectivity index (χ1v) is 12.1. The second-order valence-electron chi connectivity index (χ2n) is 8.89. The Hall–Kier alpha value is -3.63. The first kappa shape index (κ1) is 24.5. The van der Waals surface area contributed by atoms with E-state index in [0.717, 1.165) is 37.9 Å². The molecule has 0 aromatic heterocycles. The Morgan fingerprint density at radius 2 is 1.60 bits per heavy atom. The molecule has 0 heterocycles. The Morgan fingerprint density at radius 1 is 0.943 bits per heavy atom. The molecule has 3 aromatic carbocycles. The molecule has 4 nitrogen and oxygen atoms in total. The van der Waals surface area contributed by atoms with Crippen LogP contribution in [0, 0.1) is 0 Å². The lowest BCUT2D eigenvalue weighted by atomic mass is 9.93. The molecule has 0 saturated heterocycles. The van der Waals surface area contributed by atoms with E-state index < -0.39 is 0 Å². The van der Waals surface area contributed by atoms with Crippen molar-refractivity contribution in [3.05, 3.63) is 107 Å². The minimum atomic E-state index is -0.362. The standard InChI is InChI=1S/C31H33NO3/c1-23(33)35-30-19-16-24(22-31(30)34-3)10-8-20-32(2)21-9-15-29-27-13-6-4-11-25(27)17-18-26-12-5-7-14-28(26)29/h4-8,10-16,19,22H,9,17-18,20-21H2,1-3H3. The van der Waals surface area contributed by atoms with Gasteiger partial charge in [0.1, 0.15) is 0 Å². The van der Waals surface area contributed by atoms with Crippen LogP contribution in [0.25, 0.3) is 11.6 Å². The van der Waals surface area contributed by atoms with Crippen LogP contribution in [-0.2, 0) is 17.6 Å². The second-order valence-corrected chi connectivity index (χ2v) is 8.89. The molecule has 0 bridgehead atoms. The molecule has 0 fully saturated rings. The number of esters is 1. The summed E-state index contributed by atoms with van der Waals surface area (Å²) >= 11 is 0. The summed E-state index contributed by atoms with van der Waals surface area (Å²) in [5.41, 5.74) is 7.96. The van der Waals surface area contributed by atoms with E-state index in [4.69, 9.17) is 9.47 Å². The van der Waals surface area contributed by atoms with Crippen LogP contribution in [0.4, 0.5) is 0 Å². The van der Waals surface area contributed by atoms with Gasteiger partial charge in [0.15, 0.2) is 11.5 Å². The molecule has 180 valence electrons. The molecule has 1 aliphatic carbocycles. The van der Waals surface area contributed by atoms with E-state index in [1.54, 1.807) is 13.2 Å². The molecular weight excluding hydrogens is 434 g/mol. The van der Waals surface area contributed by atoms with Crippen molar-refractivity contribution in [2.75, 3.05) is 27.2 Å². The first-order valence-electron chi connectivity index (χ1n) is 12.1. The number of ether oxygens (including phenoxy) is 2. The van der Waals surface area contributed by atoms with Crippen LogP contribution in [0.2, 0.25) is 0 Å². The van der Waals surface area contributed by atoms with E-state index in [0.29, 0.717) is 11.5 Å². The molecule has 0 amide bonds. The van der Waals surface area contributed by atoms with Gasteiger partial charge in [0.05, 0.1) is 7.11 Å². The first-order chi connectivity index (χ1) is 17.0. The number of likely N-dealkylation sites (N-methyl/N-ethyl adjacent to an activating group) is 1. The zero-order chi connectivity index (χ0) is 24.6. The van der Waals surface area contributed by atoms with Crippen molar-refractivity contribution in [1.29, 1.82) is 0 Å². The Kier molecular flexibility index (Phi) is 8.17.